The van der Waals surface area contributed by atoms with E-state index in [9.17, 15) is 8.42 Å². The molecule has 0 heterocycles. The van der Waals surface area contributed by atoms with Gasteiger partial charge in [0.2, 0.25) is 10.0 Å². The summed E-state index contributed by atoms with van der Waals surface area (Å²) in [5.74, 6) is 0.680. The second-order valence-corrected chi connectivity index (χ2v) is 6.03. The van der Waals surface area contributed by atoms with Crippen molar-refractivity contribution in [3.63, 3.8) is 0 Å². The first-order chi connectivity index (χ1) is 8.42. The van der Waals surface area contributed by atoms with Crippen molar-refractivity contribution in [2.24, 2.45) is 0 Å². The van der Waals surface area contributed by atoms with E-state index in [1.165, 1.54) is 0 Å². The summed E-state index contributed by atoms with van der Waals surface area (Å²) in [5, 5.41) is 0. The van der Waals surface area contributed by atoms with E-state index in [-0.39, 0.29) is 10.8 Å². The van der Waals surface area contributed by atoms with E-state index >= 15 is 0 Å². The Hall–Kier alpha value is -1.07. The van der Waals surface area contributed by atoms with E-state index in [0.717, 1.165) is 5.56 Å². The summed E-state index contributed by atoms with van der Waals surface area (Å²) < 4.78 is 32.1. The molecule has 0 atom stereocenters. The van der Waals surface area contributed by atoms with Crippen LogP contribution in [0.4, 0.5) is 0 Å². The third-order valence-corrected chi connectivity index (χ3v) is 4.12. The van der Waals surface area contributed by atoms with Gasteiger partial charge in [0.25, 0.3) is 0 Å². The van der Waals surface area contributed by atoms with Crippen molar-refractivity contribution in [1.82, 2.24) is 4.72 Å². The number of rotatable bonds is 6. The summed E-state index contributed by atoms with van der Waals surface area (Å²) in [6, 6.07) is 5.32. The van der Waals surface area contributed by atoms with Crippen LogP contribution >= 0.6 is 0 Å². The summed E-state index contributed by atoms with van der Waals surface area (Å²) in [6.45, 7) is 8.44. The third-order valence-electron chi connectivity index (χ3n) is 2.56. The fourth-order valence-electron chi connectivity index (χ4n) is 1.64. The van der Waals surface area contributed by atoms with Crippen LogP contribution in [0.1, 0.15) is 39.2 Å². The zero-order valence-electron chi connectivity index (χ0n) is 11.4. The van der Waals surface area contributed by atoms with Gasteiger partial charge in [-0.1, -0.05) is 26.8 Å². The molecular formula is C13H21NO3S. The molecule has 0 aliphatic heterocycles. The molecule has 0 unspecified atom stereocenters. The molecule has 5 heteroatoms. The lowest BCUT2D eigenvalue weighted by atomic mass is 10.0. The molecule has 0 bridgehead atoms. The number of sulfonamides is 1. The van der Waals surface area contributed by atoms with E-state index < -0.39 is 10.0 Å². The van der Waals surface area contributed by atoms with Gasteiger partial charge >= 0.3 is 0 Å². The molecule has 1 N–H and O–H groups in total. The Morgan fingerprint density at radius 2 is 1.94 bits per heavy atom. The zero-order chi connectivity index (χ0) is 13.8. The van der Waals surface area contributed by atoms with Crippen LogP contribution in [0.25, 0.3) is 0 Å². The van der Waals surface area contributed by atoms with Crippen molar-refractivity contribution < 1.29 is 13.2 Å². The average molecular weight is 271 g/mol. The predicted molar refractivity (Wildman–Crippen MR) is 72.6 cm³/mol. The molecule has 1 rings (SSSR count). The third kappa shape index (κ3) is 3.46. The van der Waals surface area contributed by atoms with Crippen molar-refractivity contribution in [2.45, 2.75) is 38.5 Å². The Morgan fingerprint density at radius 3 is 2.44 bits per heavy atom. The van der Waals surface area contributed by atoms with Gasteiger partial charge in [-0.05, 0) is 30.5 Å². The molecule has 0 aliphatic rings. The molecule has 0 saturated heterocycles. The lowest BCUT2D eigenvalue weighted by Crippen LogP contribution is -2.24. The van der Waals surface area contributed by atoms with Crippen molar-refractivity contribution >= 4 is 10.0 Å². The molecule has 1 aromatic rings. The molecule has 0 aromatic heterocycles. The van der Waals surface area contributed by atoms with Crippen LogP contribution in [0.2, 0.25) is 0 Å². The highest BCUT2D eigenvalue weighted by Gasteiger charge is 2.19. The molecule has 0 saturated carbocycles. The first-order valence-corrected chi connectivity index (χ1v) is 7.67. The average Bonchev–Trinajstić information content (AvgIpc) is 2.29. The molecule has 0 fully saturated rings. The fraction of sp³-hybridized carbons (Fsp3) is 0.538. The Balaban J connectivity index is 3.31. The van der Waals surface area contributed by atoms with Crippen LogP contribution in [0, 0.1) is 0 Å². The Morgan fingerprint density at radius 1 is 1.28 bits per heavy atom. The largest absolute Gasteiger partial charge is 0.492 e. The van der Waals surface area contributed by atoms with Gasteiger partial charge in [-0.15, -0.1) is 0 Å². The van der Waals surface area contributed by atoms with Crippen LogP contribution in [0.5, 0.6) is 5.75 Å². The van der Waals surface area contributed by atoms with Gasteiger partial charge in [-0.25, -0.2) is 13.1 Å². The van der Waals surface area contributed by atoms with Crippen molar-refractivity contribution in [2.75, 3.05) is 13.2 Å². The van der Waals surface area contributed by atoms with Crippen LogP contribution in [-0.4, -0.2) is 21.6 Å². The summed E-state index contributed by atoms with van der Waals surface area (Å²) in [4.78, 5) is 0.220. The highest BCUT2D eigenvalue weighted by molar-refractivity contribution is 7.89. The maximum absolute atomic E-state index is 12.1. The highest BCUT2D eigenvalue weighted by atomic mass is 32.2. The molecule has 0 aliphatic carbocycles. The second-order valence-electron chi connectivity index (χ2n) is 4.30. The van der Waals surface area contributed by atoms with Crippen LogP contribution in [0.15, 0.2) is 23.1 Å². The minimum atomic E-state index is -3.49. The monoisotopic (exact) mass is 271 g/mol. The first kappa shape index (κ1) is 15.0. The lowest BCUT2D eigenvalue weighted by molar-refractivity contribution is 0.331. The summed E-state index contributed by atoms with van der Waals surface area (Å²) >= 11 is 0. The number of benzene rings is 1. The summed E-state index contributed by atoms with van der Waals surface area (Å²) in [6.07, 6.45) is 0. The predicted octanol–water partition coefficient (Wildman–Crippen LogP) is 2.51. The van der Waals surface area contributed by atoms with Gasteiger partial charge in [0, 0.05) is 6.54 Å². The maximum atomic E-state index is 12.1. The molecule has 0 amide bonds. The zero-order valence-corrected chi connectivity index (χ0v) is 12.2. The minimum absolute atomic E-state index is 0.220. The van der Waals surface area contributed by atoms with E-state index in [4.69, 9.17) is 4.74 Å². The molecule has 18 heavy (non-hydrogen) atoms. The van der Waals surface area contributed by atoms with E-state index in [0.29, 0.717) is 18.9 Å². The quantitative estimate of drug-likeness (QED) is 0.865. The topological polar surface area (TPSA) is 55.4 Å². The Bertz CT molecular complexity index is 495. The van der Waals surface area contributed by atoms with Crippen molar-refractivity contribution in [3.8, 4) is 5.75 Å². The summed E-state index contributed by atoms with van der Waals surface area (Å²) in [5.41, 5.74) is 0.981. The van der Waals surface area contributed by atoms with Gasteiger partial charge in [0.05, 0.1) is 6.61 Å². The van der Waals surface area contributed by atoms with Gasteiger partial charge < -0.3 is 4.74 Å². The Kier molecular flexibility index (Phi) is 5.16. The van der Waals surface area contributed by atoms with Crippen LogP contribution in [0.3, 0.4) is 0 Å². The Labute approximate surface area is 109 Å². The van der Waals surface area contributed by atoms with Gasteiger partial charge in [-0.2, -0.15) is 0 Å². The number of nitrogens with one attached hydrogen (secondary N) is 1. The molecular weight excluding hydrogens is 250 g/mol. The van der Waals surface area contributed by atoms with Gasteiger partial charge in [0.15, 0.2) is 0 Å². The van der Waals surface area contributed by atoms with E-state index in [1.807, 2.05) is 26.8 Å². The smallest absolute Gasteiger partial charge is 0.244 e. The first-order valence-electron chi connectivity index (χ1n) is 6.18. The molecule has 4 nitrogen and oxygen atoms in total. The van der Waals surface area contributed by atoms with E-state index in [1.54, 1.807) is 19.1 Å². The minimum Gasteiger partial charge on any atom is -0.492 e. The van der Waals surface area contributed by atoms with Crippen LogP contribution in [-0.2, 0) is 10.0 Å². The van der Waals surface area contributed by atoms with Crippen molar-refractivity contribution in [3.05, 3.63) is 23.8 Å². The highest BCUT2D eigenvalue weighted by Crippen LogP contribution is 2.28. The lowest BCUT2D eigenvalue weighted by Gasteiger charge is -2.14. The van der Waals surface area contributed by atoms with Crippen LogP contribution < -0.4 is 9.46 Å². The standard InChI is InChI=1S/C13H21NO3S/c1-5-14-18(15,16)13-9-11(10(3)4)7-8-12(13)17-6-2/h7-10,14H,5-6H2,1-4H3. The number of hydrogen-bond acceptors (Lipinski definition) is 3. The van der Waals surface area contributed by atoms with Gasteiger partial charge in [0.1, 0.15) is 10.6 Å². The van der Waals surface area contributed by atoms with Gasteiger partial charge in [-0.3, -0.25) is 0 Å². The second kappa shape index (κ2) is 6.20. The number of hydrogen-bond donors (Lipinski definition) is 1. The SMILES string of the molecule is CCNS(=O)(=O)c1cc(C(C)C)ccc1OCC. The molecule has 1 aromatic carbocycles. The normalized spacial score (nSPS) is 11.8. The number of ether oxygens (including phenoxy) is 1. The summed E-state index contributed by atoms with van der Waals surface area (Å²) in [7, 11) is -3.49. The molecule has 102 valence electrons. The van der Waals surface area contributed by atoms with E-state index in [2.05, 4.69) is 4.72 Å². The molecule has 0 radical (unpaired) electrons. The molecule has 0 spiro atoms. The van der Waals surface area contributed by atoms with Crippen molar-refractivity contribution in [1.29, 1.82) is 0 Å². The fourth-order valence-corrected chi connectivity index (χ4v) is 2.85. The maximum Gasteiger partial charge on any atom is 0.244 e.